The highest BCUT2D eigenvalue weighted by molar-refractivity contribution is 5.94. The molecule has 4 aromatic rings. The number of primary amides is 1. The molecule has 9 heteroatoms. The number of nitrogens with two attached hydrogens (primary N) is 1. The van der Waals surface area contributed by atoms with Gasteiger partial charge in [-0.2, -0.15) is 10.1 Å². The minimum atomic E-state index is -0.503. The molecule has 2 aromatic heterocycles. The highest BCUT2D eigenvalue weighted by Gasteiger charge is 2.15. The molecule has 0 aliphatic heterocycles. The molecular weight excluding hydrogens is 382 g/mol. The van der Waals surface area contributed by atoms with Gasteiger partial charge in [0.15, 0.2) is 0 Å². The summed E-state index contributed by atoms with van der Waals surface area (Å²) in [7, 11) is 0. The second kappa shape index (κ2) is 8.58. The number of anilines is 4. The van der Waals surface area contributed by atoms with E-state index < -0.39 is 5.91 Å². The normalized spacial score (nSPS) is 10.8. The van der Waals surface area contributed by atoms with E-state index in [1.165, 1.54) is 0 Å². The van der Waals surface area contributed by atoms with E-state index in [2.05, 4.69) is 25.5 Å². The molecule has 0 radical (unpaired) electrons. The number of nitrogens with zero attached hydrogens (tertiary/aromatic N) is 4. The van der Waals surface area contributed by atoms with Crippen LogP contribution in [-0.4, -0.2) is 44.3 Å². The van der Waals surface area contributed by atoms with Gasteiger partial charge in [-0.1, -0.05) is 12.1 Å². The zero-order chi connectivity index (χ0) is 20.9. The molecule has 2 heterocycles. The van der Waals surface area contributed by atoms with Gasteiger partial charge in [0.25, 0.3) is 0 Å². The second-order valence-electron chi connectivity index (χ2n) is 6.65. The zero-order valence-corrected chi connectivity index (χ0v) is 16.1. The van der Waals surface area contributed by atoms with Crippen LogP contribution in [0, 0.1) is 0 Å². The van der Waals surface area contributed by atoms with Gasteiger partial charge in [-0.05, 0) is 42.8 Å². The number of aliphatic hydroxyl groups excluding tert-OH is 1. The summed E-state index contributed by atoms with van der Waals surface area (Å²) in [5, 5.41) is 20.5. The summed E-state index contributed by atoms with van der Waals surface area (Å²) in [5.41, 5.74) is 8.25. The van der Waals surface area contributed by atoms with Crippen molar-refractivity contribution in [1.82, 2.24) is 20.2 Å². The lowest BCUT2D eigenvalue weighted by Gasteiger charge is -2.24. The Bertz CT molecular complexity index is 1170. The number of amides is 1. The molecular formula is C21H21N7O2. The van der Waals surface area contributed by atoms with Crippen LogP contribution in [0.3, 0.4) is 0 Å². The summed E-state index contributed by atoms with van der Waals surface area (Å²) in [6.07, 6.45) is 4.00. The Kier molecular flexibility index (Phi) is 5.53. The van der Waals surface area contributed by atoms with Gasteiger partial charge in [0.1, 0.15) is 5.82 Å². The number of carbonyl (C=O) groups excluding carboxylic acids is 1. The third-order valence-corrected chi connectivity index (χ3v) is 4.61. The van der Waals surface area contributed by atoms with Gasteiger partial charge < -0.3 is 21.1 Å². The van der Waals surface area contributed by atoms with E-state index in [0.29, 0.717) is 36.0 Å². The largest absolute Gasteiger partial charge is 0.396 e. The molecule has 2 aromatic carbocycles. The van der Waals surface area contributed by atoms with Crippen LogP contribution in [-0.2, 0) is 0 Å². The number of aromatic amines is 1. The number of aliphatic hydroxyl groups is 1. The number of H-pyrrole nitrogens is 1. The van der Waals surface area contributed by atoms with Gasteiger partial charge in [-0.25, -0.2) is 4.98 Å². The molecule has 0 bridgehead atoms. The number of rotatable bonds is 8. The van der Waals surface area contributed by atoms with Crippen LogP contribution in [0.4, 0.5) is 23.1 Å². The molecule has 4 rings (SSSR count). The highest BCUT2D eigenvalue weighted by Crippen LogP contribution is 2.31. The third-order valence-electron chi connectivity index (χ3n) is 4.61. The van der Waals surface area contributed by atoms with Crippen molar-refractivity contribution in [1.29, 1.82) is 0 Å². The van der Waals surface area contributed by atoms with E-state index in [4.69, 9.17) is 5.73 Å². The maximum Gasteiger partial charge on any atom is 0.248 e. The number of hydrogen-bond donors (Lipinski definition) is 4. The predicted molar refractivity (Wildman–Crippen MR) is 115 cm³/mol. The van der Waals surface area contributed by atoms with Gasteiger partial charge >= 0.3 is 0 Å². The van der Waals surface area contributed by atoms with Crippen molar-refractivity contribution in [2.24, 2.45) is 5.73 Å². The predicted octanol–water partition coefficient (Wildman–Crippen LogP) is 2.72. The Hall–Kier alpha value is -3.98. The second-order valence-corrected chi connectivity index (χ2v) is 6.65. The smallest absolute Gasteiger partial charge is 0.248 e. The van der Waals surface area contributed by atoms with Gasteiger partial charge in [0.2, 0.25) is 11.9 Å². The SMILES string of the molecule is NC(=O)c1cccc(Nc2nccc(N(CCCO)c3cccc4[nH]ncc34)n2)c1. The van der Waals surface area contributed by atoms with E-state index in [0.717, 1.165) is 16.6 Å². The van der Waals surface area contributed by atoms with Gasteiger partial charge in [-0.15, -0.1) is 0 Å². The van der Waals surface area contributed by atoms with Crippen molar-refractivity contribution in [2.75, 3.05) is 23.4 Å². The minimum Gasteiger partial charge on any atom is -0.396 e. The first-order valence-corrected chi connectivity index (χ1v) is 9.46. The number of fused-ring (bicyclic) bond motifs is 1. The number of aromatic nitrogens is 4. The summed E-state index contributed by atoms with van der Waals surface area (Å²) in [4.78, 5) is 22.4. The standard InChI is InChI=1S/C21H21N7O2/c22-20(30)14-4-1-5-15(12-14)25-21-23-9-8-19(26-21)28(10-3-11-29)18-7-2-6-17-16(18)13-24-27-17/h1-2,4-9,12-13,29H,3,10-11H2,(H2,22,30)(H,24,27)(H,23,25,26). The van der Waals surface area contributed by atoms with Crippen molar-refractivity contribution in [3.05, 3.63) is 66.5 Å². The van der Waals surface area contributed by atoms with Crippen molar-refractivity contribution >= 4 is 40.0 Å². The van der Waals surface area contributed by atoms with E-state index in [1.54, 1.807) is 42.7 Å². The summed E-state index contributed by atoms with van der Waals surface area (Å²) in [5.74, 6) is 0.542. The fraction of sp³-hybridized carbons (Fsp3) is 0.143. The molecule has 0 aliphatic rings. The van der Waals surface area contributed by atoms with Crippen molar-refractivity contribution < 1.29 is 9.90 Å². The Labute approximate surface area is 172 Å². The van der Waals surface area contributed by atoms with Crippen LogP contribution in [0.15, 0.2) is 60.9 Å². The molecule has 0 spiro atoms. The van der Waals surface area contributed by atoms with Gasteiger partial charge in [0.05, 0.1) is 17.4 Å². The molecule has 0 saturated heterocycles. The molecule has 30 heavy (non-hydrogen) atoms. The lowest BCUT2D eigenvalue weighted by Crippen LogP contribution is -2.21. The summed E-state index contributed by atoms with van der Waals surface area (Å²) < 4.78 is 0. The van der Waals surface area contributed by atoms with Crippen LogP contribution in [0.2, 0.25) is 0 Å². The zero-order valence-electron chi connectivity index (χ0n) is 16.1. The van der Waals surface area contributed by atoms with Crippen LogP contribution in [0.5, 0.6) is 0 Å². The van der Waals surface area contributed by atoms with Crippen molar-refractivity contribution in [3.8, 4) is 0 Å². The fourth-order valence-corrected chi connectivity index (χ4v) is 3.21. The first-order chi connectivity index (χ1) is 14.7. The van der Waals surface area contributed by atoms with E-state index >= 15 is 0 Å². The van der Waals surface area contributed by atoms with E-state index in [9.17, 15) is 9.90 Å². The molecule has 0 saturated carbocycles. The monoisotopic (exact) mass is 403 g/mol. The Morgan fingerprint density at radius 3 is 2.90 bits per heavy atom. The lowest BCUT2D eigenvalue weighted by molar-refractivity contribution is 0.100. The van der Waals surface area contributed by atoms with Crippen LogP contribution >= 0.6 is 0 Å². The molecule has 0 atom stereocenters. The van der Waals surface area contributed by atoms with Crippen molar-refractivity contribution in [2.45, 2.75) is 6.42 Å². The van der Waals surface area contributed by atoms with Gasteiger partial charge in [0, 0.05) is 36.0 Å². The third kappa shape index (κ3) is 4.06. The quantitative estimate of drug-likeness (QED) is 0.355. The number of hydrogen-bond acceptors (Lipinski definition) is 7. The molecule has 9 nitrogen and oxygen atoms in total. The van der Waals surface area contributed by atoms with Crippen LogP contribution in [0.25, 0.3) is 10.9 Å². The molecule has 1 amide bonds. The maximum absolute atomic E-state index is 11.4. The summed E-state index contributed by atoms with van der Waals surface area (Å²) >= 11 is 0. The molecule has 0 aliphatic carbocycles. The summed E-state index contributed by atoms with van der Waals surface area (Å²) in [6, 6.07) is 14.5. The van der Waals surface area contributed by atoms with Crippen LogP contribution in [0.1, 0.15) is 16.8 Å². The molecule has 5 N–H and O–H groups in total. The molecule has 152 valence electrons. The van der Waals surface area contributed by atoms with E-state index in [-0.39, 0.29) is 6.61 Å². The number of benzene rings is 2. The van der Waals surface area contributed by atoms with Gasteiger partial charge in [-0.3, -0.25) is 9.89 Å². The Morgan fingerprint density at radius 2 is 2.07 bits per heavy atom. The first-order valence-electron chi connectivity index (χ1n) is 9.46. The molecule has 0 unspecified atom stereocenters. The van der Waals surface area contributed by atoms with Crippen LogP contribution < -0.4 is 16.0 Å². The fourth-order valence-electron chi connectivity index (χ4n) is 3.21. The summed E-state index contributed by atoms with van der Waals surface area (Å²) in [6.45, 7) is 0.627. The number of carbonyl (C=O) groups is 1. The first kappa shape index (κ1) is 19.3. The average Bonchev–Trinajstić information content (AvgIpc) is 3.24. The Balaban J connectivity index is 1.68. The van der Waals surface area contributed by atoms with Crippen molar-refractivity contribution in [3.63, 3.8) is 0 Å². The minimum absolute atomic E-state index is 0.0635. The average molecular weight is 403 g/mol. The Morgan fingerprint density at radius 1 is 1.20 bits per heavy atom. The maximum atomic E-state index is 11.4. The highest BCUT2D eigenvalue weighted by atomic mass is 16.3. The van der Waals surface area contributed by atoms with E-state index in [1.807, 2.05) is 23.1 Å². The topological polar surface area (TPSA) is 133 Å². The lowest BCUT2D eigenvalue weighted by atomic mass is 10.2. The number of nitrogens with one attached hydrogen (secondary N) is 2. The molecule has 0 fully saturated rings.